The smallest absolute Gasteiger partial charge is 0.347 e. The predicted molar refractivity (Wildman–Crippen MR) is 103 cm³/mol. The van der Waals surface area contributed by atoms with Gasteiger partial charge in [0.1, 0.15) is 5.75 Å². The normalized spacial score (nSPS) is 12.8. The highest BCUT2D eigenvalue weighted by molar-refractivity contribution is 6.30. The third-order valence-corrected chi connectivity index (χ3v) is 4.45. The van der Waals surface area contributed by atoms with Crippen LogP contribution in [-0.4, -0.2) is 42.0 Å². The highest BCUT2D eigenvalue weighted by atomic mass is 35.5. The zero-order chi connectivity index (χ0) is 21.0. The van der Waals surface area contributed by atoms with Gasteiger partial charge in [0.05, 0.1) is 18.4 Å². The number of aryl methyl sites for hydroxylation is 1. The molecule has 0 unspecified atom stereocenters. The monoisotopic (exact) mass is 407 g/mol. The van der Waals surface area contributed by atoms with Crippen molar-refractivity contribution < 1.29 is 28.6 Å². The third-order valence-electron chi connectivity index (χ3n) is 4.19. The lowest BCUT2D eigenvalue weighted by Crippen LogP contribution is -2.33. The van der Waals surface area contributed by atoms with Gasteiger partial charge < -0.3 is 19.2 Å². The van der Waals surface area contributed by atoms with Crippen LogP contribution in [0, 0.1) is 13.8 Å². The Bertz CT molecular complexity index is 887. The van der Waals surface area contributed by atoms with Gasteiger partial charge in [0, 0.05) is 10.7 Å². The molecule has 28 heavy (non-hydrogen) atoms. The number of esters is 2. The molecule has 2 aromatic rings. The summed E-state index contributed by atoms with van der Waals surface area (Å²) < 4.78 is 15.5. The first kappa shape index (κ1) is 21.5. The van der Waals surface area contributed by atoms with E-state index >= 15 is 0 Å². The maximum absolute atomic E-state index is 12.7. The highest BCUT2D eigenvalue weighted by Crippen LogP contribution is 2.21. The number of carbonyl (C=O) groups excluding carboxylic acids is 3. The average molecular weight is 408 g/mol. The van der Waals surface area contributed by atoms with E-state index in [9.17, 15) is 14.4 Å². The Morgan fingerprint density at radius 3 is 2.21 bits per heavy atom. The molecule has 0 saturated carbocycles. The largest absolute Gasteiger partial charge is 0.479 e. The van der Waals surface area contributed by atoms with Crippen LogP contribution in [0.2, 0.25) is 5.02 Å². The summed E-state index contributed by atoms with van der Waals surface area (Å²) in [5.74, 6) is -1.24. The number of rotatable bonds is 7. The zero-order valence-electron chi connectivity index (χ0n) is 16.3. The standard InChI is InChI=1S/C20H22ClNO6/c1-10-16(20(25)26-5)11(2)22-17(10)18(23)12(3)28-19(24)13(4)27-15-8-6-14(21)7-9-15/h6-9,12-13,22H,1-5H3/t12-,13-/m0/s1. The van der Waals surface area contributed by atoms with Crippen LogP contribution < -0.4 is 4.74 Å². The highest BCUT2D eigenvalue weighted by Gasteiger charge is 2.29. The predicted octanol–water partition coefficient (Wildman–Crippen LogP) is 3.65. The van der Waals surface area contributed by atoms with Crippen molar-refractivity contribution >= 4 is 29.3 Å². The molecule has 0 aliphatic carbocycles. The lowest BCUT2D eigenvalue weighted by molar-refractivity contribution is -0.153. The van der Waals surface area contributed by atoms with Gasteiger partial charge in [-0.05, 0) is 57.5 Å². The van der Waals surface area contributed by atoms with Crippen LogP contribution >= 0.6 is 11.6 Å². The molecule has 0 fully saturated rings. The molecule has 2 rings (SSSR count). The number of nitrogens with one attached hydrogen (secondary N) is 1. The summed E-state index contributed by atoms with van der Waals surface area (Å²) in [7, 11) is 1.27. The Morgan fingerprint density at radius 2 is 1.64 bits per heavy atom. The van der Waals surface area contributed by atoms with E-state index in [0.29, 0.717) is 27.6 Å². The fourth-order valence-corrected chi connectivity index (χ4v) is 2.82. The summed E-state index contributed by atoms with van der Waals surface area (Å²) in [5, 5.41) is 0.546. The fourth-order valence-electron chi connectivity index (χ4n) is 2.70. The molecule has 0 spiro atoms. The summed E-state index contributed by atoms with van der Waals surface area (Å²) in [5.41, 5.74) is 1.45. The number of carbonyl (C=O) groups is 3. The minimum atomic E-state index is -1.06. The molecule has 2 atom stereocenters. The molecule has 0 bridgehead atoms. The van der Waals surface area contributed by atoms with Crippen molar-refractivity contribution in [1.82, 2.24) is 4.98 Å². The summed E-state index contributed by atoms with van der Waals surface area (Å²) in [6.07, 6.45) is -1.99. The van der Waals surface area contributed by atoms with Crippen LogP contribution in [0.25, 0.3) is 0 Å². The first-order chi connectivity index (χ1) is 13.1. The zero-order valence-corrected chi connectivity index (χ0v) is 17.0. The van der Waals surface area contributed by atoms with Gasteiger partial charge in [-0.15, -0.1) is 0 Å². The number of aromatic amines is 1. The van der Waals surface area contributed by atoms with Crippen molar-refractivity contribution in [1.29, 1.82) is 0 Å². The van der Waals surface area contributed by atoms with Crippen molar-refractivity contribution in [3.05, 3.63) is 51.8 Å². The fraction of sp³-hybridized carbons (Fsp3) is 0.350. The third kappa shape index (κ3) is 4.72. The van der Waals surface area contributed by atoms with Crippen molar-refractivity contribution in [2.24, 2.45) is 0 Å². The Hall–Kier alpha value is -2.80. The van der Waals surface area contributed by atoms with E-state index in [1.165, 1.54) is 21.0 Å². The minimum Gasteiger partial charge on any atom is -0.479 e. The molecule has 1 aromatic heterocycles. The number of Topliss-reactive ketones (excluding diaryl/α,β-unsaturated/α-hetero) is 1. The van der Waals surface area contributed by atoms with Crippen molar-refractivity contribution in [3.8, 4) is 5.75 Å². The summed E-state index contributed by atoms with van der Waals surface area (Å²) in [4.78, 5) is 39.7. The second-order valence-electron chi connectivity index (χ2n) is 6.27. The first-order valence-corrected chi connectivity index (χ1v) is 8.97. The Kier molecular flexibility index (Phi) is 6.85. The number of aromatic nitrogens is 1. The molecule has 7 nitrogen and oxygen atoms in total. The van der Waals surface area contributed by atoms with E-state index in [-0.39, 0.29) is 5.69 Å². The number of methoxy groups -OCH3 is 1. The van der Waals surface area contributed by atoms with Gasteiger partial charge >= 0.3 is 11.9 Å². The van der Waals surface area contributed by atoms with Gasteiger partial charge in [-0.3, -0.25) is 4.79 Å². The van der Waals surface area contributed by atoms with Gasteiger partial charge in [0.15, 0.2) is 12.2 Å². The molecular weight excluding hydrogens is 386 g/mol. The molecule has 1 aromatic carbocycles. The van der Waals surface area contributed by atoms with Gasteiger partial charge in [-0.25, -0.2) is 9.59 Å². The lowest BCUT2D eigenvalue weighted by atomic mass is 10.1. The molecule has 0 aliphatic rings. The Labute approximate surface area is 167 Å². The van der Waals surface area contributed by atoms with Crippen molar-refractivity contribution in [3.63, 3.8) is 0 Å². The molecular formula is C20H22ClNO6. The van der Waals surface area contributed by atoms with E-state index in [1.54, 1.807) is 38.1 Å². The van der Waals surface area contributed by atoms with Crippen molar-refractivity contribution in [2.75, 3.05) is 7.11 Å². The Morgan fingerprint density at radius 1 is 1.04 bits per heavy atom. The summed E-state index contributed by atoms with van der Waals surface area (Å²) in [6.45, 7) is 6.27. The van der Waals surface area contributed by atoms with Crippen LogP contribution in [0.5, 0.6) is 5.75 Å². The van der Waals surface area contributed by atoms with Gasteiger partial charge in [-0.1, -0.05) is 11.6 Å². The van der Waals surface area contributed by atoms with Gasteiger partial charge in [-0.2, -0.15) is 0 Å². The van der Waals surface area contributed by atoms with Crippen LogP contribution in [0.1, 0.15) is 46.0 Å². The van der Waals surface area contributed by atoms with E-state index in [1.807, 2.05) is 0 Å². The minimum absolute atomic E-state index is 0.199. The number of halogens is 1. The number of hydrogen-bond acceptors (Lipinski definition) is 6. The number of benzene rings is 1. The first-order valence-electron chi connectivity index (χ1n) is 8.60. The van der Waals surface area contributed by atoms with E-state index < -0.39 is 29.9 Å². The van der Waals surface area contributed by atoms with Crippen LogP contribution in [0.4, 0.5) is 0 Å². The number of hydrogen-bond donors (Lipinski definition) is 1. The quantitative estimate of drug-likeness (QED) is 0.556. The SMILES string of the molecule is COC(=O)c1c(C)[nH]c(C(=O)[C@H](C)OC(=O)[C@H](C)Oc2ccc(Cl)cc2)c1C. The topological polar surface area (TPSA) is 94.7 Å². The van der Waals surface area contributed by atoms with Crippen LogP contribution in [0.3, 0.4) is 0 Å². The van der Waals surface area contributed by atoms with Crippen LogP contribution in [0.15, 0.2) is 24.3 Å². The molecule has 0 aliphatic heterocycles. The van der Waals surface area contributed by atoms with Gasteiger partial charge in [0.2, 0.25) is 5.78 Å². The number of ketones is 1. The second-order valence-corrected chi connectivity index (χ2v) is 6.71. The maximum atomic E-state index is 12.7. The second kappa shape index (κ2) is 8.93. The number of H-pyrrole nitrogens is 1. The molecule has 8 heteroatoms. The molecule has 0 saturated heterocycles. The number of ether oxygens (including phenoxy) is 3. The summed E-state index contributed by atoms with van der Waals surface area (Å²) >= 11 is 5.81. The molecule has 150 valence electrons. The van der Waals surface area contributed by atoms with E-state index in [4.69, 9.17) is 25.8 Å². The molecule has 0 amide bonds. The van der Waals surface area contributed by atoms with E-state index in [0.717, 1.165) is 0 Å². The maximum Gasteiger partial charge on any atom is 0.347 e. The Balaban J connectivity index is 2.06. The van der Waals surface area contributed by atoms with Crippen molar-refractivity contribution in [2.45, 2.75) is 39.9 Å². The van der Waals surface area contributed by atoms with E-state index in [2.05, 4.69) is 4.98 Å². The molecule has 1 heterocycles. The average Bonchev–Trinajstić information content (AvgIpc) is 2.96. The summed E-state index contributed by atoms with van der Waals surface area (Å²) in [6, 6.07) is 6.52. The molecule has 0 radical (unpaired) electrons. The van der Waals surface area contributed by atoms with Crippen LogP contribution in [-0.2, 0) is 14.3 Å². The lowest BCUT2D eigenvalue weighted by Gasteiger charge is -2.17. The van der Waals surface area contributed by atoms with Gasteiger partial charge in [0.25, 0.3) is 0 Å². The molecule has 1 N–H and O–H groups in total.